The summed E-state index contributed by atoms with van der Waals surface area (Å²) in [5.41, 5.74) is 6.47. The first-order valence-corrected chi connectivity index (χ1v) is 19.8. The molecule has 0 spiro atoms. The molecule has 2 heterocycles. The van der Waals surface area contributed by atoms with Gasteiger partial charge in [0.1, 0.15) is 47.0 Å². The average molecular weight is 1120 g/mol. The normalized spacial score (nSPS) is 9.33. The molecular formula is C50H42IrN2O16-4. The molecular weight excluding hydrogens is 1080 g/mol. The summed E-state index contributed by atoms with van der Waals surface area (Å²) >= 11 is 0. The number of pyridine rings is 2. The molecule has 0 amide bonds. The second kappa shape index (κ2) is 32.3. The molecule has 0 aliphatic carbocycles. The van der Waals surface area contributed by atoms with Crippen molar-refractivity contribution in [2.24, 2.45) is 0 Å². The number of para-hydroxylation sites is 2. The van der Waals surface area contributed by atoms with Gasteiger partial charge in [-0.15, -0.1) is 0 Å². The Morgan fingerprint density at radius 3 is 0.783 bits per heavy atom. The third-order valence-corrected chi connectivity index (χ3v) is 7.88. The SMILES string of the molecule is CC(=O)CC(=O)C(=O)[O-].CC(=O)CC(=O)C(=O)[O-].CC(=O)CC(=O)C(=O)[O-].CC(=O)CC(=O)C(=O)[O-].[Ir].c1ccc(-c2ccc3ccccc3n2)cc1.c1ccc(-c2ccc3ccccc3n2)cc1. The Balaban J connectivity index is 0.000000825. The standard InChI is InChI=1S/2C15H11N.4C5H6O4.Ir/c2*1-2-6-12(7-3-1)15-11-10-13-8-4-5-9-14(13)16-15;4*1-3(6)2-4(7)5(8)9;/h2*1-11H;4*2H2,1H3,(H,8,9);/p-4. The fraction of sp³-hybridized carbons (Fsp3) is 0.160. The van der Waals surface area contributed by atoms with Gasteiger partial charge in [-0.25, -0.2) is 9.97 Å². The van der Waals surface area contributed by atoms with Crippen molar-refractivity contribution in [3.8, 4) is 22.5 Å². The minimum atomic E-state index is -1.80. The van der Waals surface area contributed by atoms with E-state index < -0.39 is 95.8 Å². The predicted octanol–water partition coefficient (Wildman–Crippen LogP) is 0.939. The maximum atomic E-state index is 10.1. The Labute approximate surface area is 407 Å². The topological polar surface area (TPSA) is 323 Å². The van der Waals surface area contributed by atoms with Crippen LogP contribution in [0.4, 0.5) is 0 Å². The monoisotopic (exact) mass is 1120 g/mol. The van der Waals surface area contributed by atoms with Gasteiger partial charge < -0.3 is 39.6 Å². The molecule has 0 bridgehead atoms. The van der Waals surface area contributed by atoms with Gasteiger partial charge in [0.05, 0.1) is 48.1 Å². The number of carbonyl (C=O) groups is 12. The molecule has 0 saturated carbocycles. The Morgan fingerprint density at radius 2 is 0.565 bits per heavy atom. The van der Waals surface area contributed by atoms with Gasteiger partial charge in [-0.3, -0.25) is 38.4 Å². The van der Waals surface area contributed by atoms with E-state index in [9.17, 15) is 78.0 Å². The molecule has 18 nitrogen and oxygen atoms in total. The van der Waals surface area contributed by atoms with E-state index in [1.807, 2.05) is 72.8 Å². The molecule has 0 unspecified atom stereocenters. The van der Waals surface area contributed by atoms with Gasteiger partial charge >= 0.3 is 0 Å². The molecule has 6 rings (SSSR count). The van der Waals surface area contributed by atoms with Crippen LogP contribution in [-0.4, -0.2) is 80.1 Å². The first-order valence-electron chi connectivity index (χ1n) is 19.8. The summed E-state index contributed by atoms with van der Waals surface area (Å²) in [4.78, 5) is 128. The van der Waals surface area contributed by atoms with Crippen LogP contribution in [0.5, 0.6) is 0 Å². The molecule has 0 aliphatic heterocycles. The molecule has 0 N–H and O–H groups in total. The maximum absolute atomic E-state index is 10.1. The summed E-state index contributed by atoms with van der Waals surface area (Å²) in [5.74, 6) is -13.7. The summed E-state index contributed by atoms with van der Waals surface area (Å²) in [5, 5.41) is 40.9. The second-order valence-electron chi connectivity index (χ2n) is 13.9. The average Bonchev–Trinajstić information content (AvgIpc) is 3.29. The molecule has 2 aromatic heterocycles. The van der Waals surface area contributed by atoms with Crippen molar-refractivity contribution in [1.82, 2.24) is 9.97 Å². The third kappa shape index (κ3) is 25.8. The van der Waals surface area contributed by atoms with Crippen LogP contribution in [0.15, 0.2) is 133 Å². The van der Waals surface area contributed by atoms with E-state index >= 15 is 0 Å². The zero-order valence-electron chi connectivity index (χ0n) is 37.3. The molecule has 0 aliphatic rings. The number of hydrogen-bond acceptors (Lipinski definition) is 18. The summed E-state index contributed by atoms with van der Waals surface area (Å²) in [6, 6.07) is 45.2. The van der Waals surface area contributed by atoms with Gasteiger partial charge in [0.25, 0.3) is 0 Å². The fourth-order valence-electron chi connectivity index (χ4n) is 4.86. The van der Waals surface area contributed by atoms with Crippen molar-refractivity contribution in [3.63, 3.8) is 0 Å². The number of ketones is 8. The Morgan fingerprint density at radius 1 is 0.333 bits per heavy atom. The van der Waals surface area contributed by atoms with Crippen molar-refractivity contribution in [1.29, 1.82) is 0 Å². The quantitative estimate of drug-likeness (QED) is 0.108. The summed E-state index contributed by atoms with van der Waals surface area (Å²) in [6.45, 7) is 4.56. The minimum absolute atomic E-state index is 0. The van der Waals surface area contributed by atoms with Crippen LogP contribution in [0.1, 0.15) is 53.4 Å². The van der Waals surface area contributed by atoms with Crippen molar-refractivity contribution in [2.45, 2.75) is 53.4 Å². The van der Waals surface area contributed by atoms with Crippen LogP contribution in [0, 0.1) is 0 Å². The zero-order chi connectivity index (χ0) is 51.3. The number of aromatic nitrogens is 2. The van der Waals surface area contributed by atoms with E-state index in [0.29, 0.717) is 0 Å². The van der Waals surface area contributed by atoms with Crippen molar-refractivity contribution < 1.29 is 98.1 Å². The molecule has 0 fully saturated rings. The van der Waals surface area contributed by atoms with Crippen molar-refractivity contribution in [3.05, 3.63) is 133 Å². The van der Waals surface area contributed by atoms with Crippen molar-refractivity contribution >= 4 is 91.9 Å². The Kier molecular flexibility index (Phi) is 28.4. The summed E-state index contributed by atoms with van der Waals surface area (Å²) in [7, 11) is 0. The van der Waals surface area contributed by atoms with E-state index in [1.54, 1.807) is 0 Å². The first kappa shape index (κ1) is 60.6. The summed E-state index contributed by atoms with van der Waals surface area (Å²) < 4.78 is 0. The van der Waals surface area contributed by atoms with Crippen LogP contribution in [0.2, 0.25) is 0 Å². The van der Waals surface area contributed by atoms with Gasteiger partial charge in [-0.2, -0.15) is 0 Å². The number of benzene rings is 4. The number of Topliss-reactive ketones (excluding diaryl/α,β-unsaturated/α-hetero) is 8. The molecule has 6 aromatic rings. The number of fused-ring (bicyclic) bond motifs is 2. The molecule has 1 radical (unpaired) electrons. The number of nitrogens with zero attached hydrogens (tertiary/aromatic N) is 2. The number of carboxylic acid groups (broad SMARTS) is 4. The number of carbonyl (C=O) groups excluding carboxylic acids is 12. The number of carboxylic acids is 4. The van der Waals surface area contributed by atoms with Gasteiger partial charge in [0.2, 0.25) is 0 Å². The van der Waals surface area contributed by atoms with E-state index in [4.69, 9.17) is 0 Å². The molecule has 4 aromatic carbocycles. The van der Waals surface area contributed by atoms with Gasteiger partial charge in [-0.1, -0.05) is 109 Å². The number of hydrogen-bond donors (Lipinski definition) is 0. The third-order valence-electron chi connectivity index (χ3n) is 7.88. The molecule has 0 saturated heterocycles. The smallest absolute Gasteiger partial charge is 0.185 e. The molecule has 69 heavy (non-hydrogen) atoms. The molecule has 19 heteroatoms. The van der Waals surface area contributed by atoms with E-state index in [2.05, 4.69) is 70.6 Å². The Bertz CT molecular complexity index is 2530. The van der Waals surface area contributed by atoms with Crippen molar-refractivity contribution in [2.75, 3.05) is 0 Å². The van der Waals surface area contributed by atoms with Crippen LogP contribution < -0.4 is 20.4 Å². The summed E-state index contributed by atoms with van der Waals surface area (Å²) in [6.07, 6.45) is -2.27. The minimum Gasteiger partial charge on any atom is -0.542 e. The van der Waals surface area contributed by atoms with E-state index in [-0.39, 0.29) is 20.1 Å². The van der Waals surface area contributed by atoms with Crippen LogP contribution in [-0.2, 0) is 77.6 Å². The fourth-order valence-corrected chi connectivity index (χ4v) is 4.86. The molecule has 361 valence electrons. The second-order valence-corrected chi connectivity index (χ2v) is 13.9. The van der Waals surface area contributed by atoms with Crippen LogP contribution in [0.25, 0.3) is 44.3 Å². The van der Waals surface area contributed by atoms with Crippen LogP contribution >= 0.6 is 0 Å². The predicted molar refractivity (Wildman–Crippen MR) is 236 cm³/mol. The van der Waals surface area contributed by atoms with Gasteiger partial charge in [-0.05, 0) is 52.0 Å². The molecule has 0 atom stereocenters. The Hall–Kier alpha value is -8.41. The first-order chi connectivity index (χ1) is 32.0. The van der Waals surface area contributed by atoms with E-state index in [1.165, 1.54) is 10.8 Å². The number of rotatable bonds is 14. The van der Waals surface area contributed by atoms with Crippen LogP contribution in [0.3, 0.4) is 0 Å². The zero-order valence-corrected chi connectivity index (χ0v) is 39.7. The van der Waals surface area contributed by atoms with Gasteiger partial charge in [0.15, 0.2) is 23.1 Å². The van der Waals surface area contributed by atoms with E-state index in [0.717, 1.165) is 61.2 Å². The number of aliphatic carboxylic acids is 4. The largest absolute Gasteiger partial charge is 0.542 e. The maximum Gasteiger partial charge on any atom is 0.185 e. The van der Waals surface area contributed by atoms with Gasteiger partial charge in [0, 0.05) is 42.0 Å².